The first-order chi connectivity index (χ1) is 6.72. The summed E-state index contributed by atoms with van der Waals surface area (Å²) in [5.74, 6) is 1.63. The van der Waals surface area contributed by atoms with Crippen LogP contribution in [0.2, 0.25) is 0 Å². The van der Waals surface area contributed by atoms with Crippen molar-refractivity contribution in [3.05, 3.63) is 29.8 Å². The number of aliphatic carboxylic acids is 1. The predicted octanol–water partition coefficient (Wildman–Crippen LogP) is 1.36. The number of hydrogen-bond acceptors (Lipinski definition) is 2. The third kappa shape index (κ3) is 3.20. The van der Waals surface area contributed by atoms with E-state index in [1.165, 1.54) is 0 Å². The number of carbonyl (C=O) groups is 1. The van der Waals surface area contributed by atoms with E-state index in [0.29, 0.717) is 6.54 Å². The van der Waals surface area contributed by atoms with Crippen molar-refractivity contribution < 1.29 is 9.90 Å². The van der Waals surface area contributed by atoms with Crippen LogP contribution in [0.4, 0.5) is 5.69 Å². The van der Waals surface area contributed by atoms with Crippen molar-refractivity contribution in [2.75, 3.05) is 11.9 Å². The molecule has 0 unspecified atom stereocenters. The molecule has 0 aliphatic heterocycles. The highest BCUT2D eigenvalue weighted by molar-refractivity contribution is 5.70. The second kappa shape index (κ2) is 4.93. The Morgan fingerprint density at radius 3 is 2.57 bits per heavy atom. The first kappa shape index (κ1) is 10.1. The molecule has 0 heterocycles. The number of terminal acetylenes is 1. The minimum Gasteiger partial charge on any atom is -0.481 e. The van der Waals surface area contributed by atoms with Crippen molar-refractivity contribution in [2.24, 2.45) is 0 Å². The molecule has 0 atom stereocenters. The summed E-state index contributed by atoms with van der Waals surface area (Å²) in [5.41, 5.74) is 1.68. The molecular weight excluding hydrogens is 178 g/mol. The maximum atomic E-state index is 10.4. The Hall–Kier alpha value is -1.95. The third-order valence-electron chi connectivity index (χ3n) is 1.70. The number of nitrogens with one attached hydrogen (secondary N) is 1. The number of rotatable bonds is 4. The smallest absolute Gasteiger partial charge is 0.307 e. The lowest BCUT2D eigenvalue weighted by atomic mass is 10.1. The van der Waals surface area contributed by atoms with Gasteiger partial charge in [0.05, 0.1) is 13.0 Å². The van der Waals surface area contributed by atoms with E-state index >= 15 is 0 Å². The largest absolute Gasteiger partial charge is 0.481 e. The molecule has 0 spiro atoms. The predicted molar refractivity (Wildman–Crippen MR) is 55.1 cm³/mol. The lowest BCUT2D eigenvalue weighted by molar-refractivity contribution is -0.136. The summed E-state index contributed by atoms with van der Waals surface area (Å²) in [6.45, 7) is 0.471. The van der Waals surface area contributed by atoms with Gasteiger partial charge in [-0.15, -0.1) is 6.42 Å². The second-order valence-corrected chi connectivity index (χ2v) is 2.83. The van der Waals surface area contributed by atoms with Crippen LogP contribution >= 0.6 is 0 Å². The number of carboxylic acids is 1. The summed E-state index contributed by atoms with van der Waals surface area (Å²) in [7, 11) is 0. The van der Waals surface area contributed by atoms with E-state index in [4.69, 9.17) is 11.5 Å². The fraction of sp³-hybridized carbons (Fsp3) is 0.182. The molecule has 1 aromatic rings. The summed E-state index contributed by atoms with van der Waals surface area (Å²) < 4.78 is 0. The Morgan fingerprint density at radius 1 is 1.43 bits per heavy atom. The lowest BCUT2D eigenvalue weighted by Crippen LogP contribution is -2.01. The van der Waals surface area contributed by atoms with Gasteiger partial charge in [-0.05, 0) is 17.7 Å². The normalized spacial score (nSPS) is 9.07. The molecule has 2 N–H and O–H groups in total. The van der Waals surface area contributed by atoms with Crippen molar-refractivity contribution in [3.63, 3.8) is 0 Å². The van der Waals surface area contributed by atoms with Gasteiger partial charge in [-0.2, -0.15) is 0 Å². The molecule has 0 saturated carbocycles. The van der Waals surface area contributed by atoms with Crippen LogP contribution in [0.25, 0.3) is 0 Å². The quantitative estimate of drug-likeness (QED) is 0.703. The molecule has 3 heteroatoms. The van der Waals surface area contributed by atoms with E-state index in [0.717, 1.165) is 11.3 Å². The number of hydrogen-bond donors (Lipinski definition) is 2. The summed E-state index contributed by atoms with van der Waals surface area (Å²) in [6, 6.07) is 7.17. The van der Waals surface area contributed by atoms with Crippen LogP contribution in [0.5, 0.6) is 0 Å². The van der Waals surface area contributed by atoms with Gasteiger partial charge < -0.3 is 10.4 Å². The highest BCUT2D eigenvalue weighted by Gasteiger charge is 1.99. The topological polar surface area (TPSA) is 49.3 Å². The Kier molecular flexibility index (Phi) is 3.57. The van der Waals surface area contributed by atoms with Crippen molar-refractivity contribution >= 4 is 11.7 Å². The van der Waals surface area contributed by atoms with Crippen LogP contribution in [-0.2, 0) is 11.2 Å². The zero-order chi connectivity index (χ0) is 10.4. The van der Waals surface area contributed by atoms with Gasteiger partial charge in [-0.1, -0.05) is 18.1 Å². The van der Waals surface area contributed by atoms with Crippen LogP contribution < -0.4 is 5.32 Å². The molecule has 14 heavy (non-hydrogen) atoms. The molecule has 1 rings (SSSR count). The van der Waals surface area contributed by atoms with Crippen LogP contribution in [0.15, 0.2) is 24.3 Å². The van der Waals surface area contributed by atoms with Gasteiger partial charge in [-0.3, -0.25) is 4.79 Å². The molecule has 0 amide bonds. The van der Waals surface area contributed by atoms with Crippen molar-refractivity contribution in [2.45, 2.75) is 6.42 Å². The fourth-order valence-corrected chi connectivity index (χ4v) is 1.07. The van der Waals surface area contributed by atoms with Crippen LogP contribution in [-0.4, -0.2) is 17.6 Å². The maximum absolute atomic E-state index is 10.4. The summed E-state index contributed by atoms with van der Waals surface area (Å²) in [5, 5.41) is 11.5. The van der Waals surface area contributed by atoms with E-state index in [1.54, 1.807) is 12.1 Å². The summed E-state index contributed by atoms with van der Waals surface area (Å²) in [4.78, 5) is 10.4. The zero-order valence-electron chi connectivity index (χ0n) is 7.66. The molecule has 0 bridgehead atoms. The van der Waals surface area contributed by atoms with Gasteiger partial charge in [0.25, 0.3) is 0 Å². The van der Waals surface area contributed by atoms with Gasteiger partial charge >= 0.3 is 5.97 Å². The molecular formula is C11H11NO2. The monoisotopic (exact) mass is 189 g/mol. The average Bonchev–Trinajstić information content (AvgIpc) is 2.16. The van der Waals surface area contributed by atoms with Gasteiger partial charge in [0, 0.05) is 5.69 Å². The standard InChI is InChI=1S/C11H11NO2/c1-2-7-12-10-5-3-9(4-6-10)8-11(13)14/h1,3-6,12H,7-8H2,(H,13,14). The highest BCUT2D eigenvalue weighted by atomic mass is 16.4. The van der Waals surface area contributed by atoms with Crippen LogP contribution in [0, 0.1) is 12.3 Å². The molecule has 0 aromatic heterocycles. The molecule has 0 fully saturated rings. The van der Waals surface area contributed by atoms with Crippen molar-refractivity contribution in [1.29, 1.82) is 0 Å². The fourth-order valence-electron chi connectivity index (χ4n) is 1.07. The van der Waals surface area contributed by atoms with Crippen LogP contribution in [0.3, 0.4) is 0 Å². The Labute approximate surface area is 82.8 Å². The summed E-state index contributed by atoms with van der Waals surface area (Å²) >= 11 is 0. The van der Waals surface area contributed by atoms with E-state index < -0.39 is 5.97 Å². The van der Waals surface area contributed by atoms with E-state index in [2.05, 4.69) is 11.2 Å². The highest BCUT2D eigenvalue weighted by Crippen LogP contribution is 2.09. The van der Waals surface area contributed by atoms with Gasteiger partial charge in [0.1, 0.15) is 0 Å². The van der Waals surface area contributed by atoms with Gasteiger partial charge in [0.15, 0.2) is 0 Å². The summed E-state index contributed by atoms with van der Waals surface area (Å²) in [6.07, 6.45) is 5.13. The first-order valence-electron chi connectivity index (χ1n) is 4.20. The van der Waals surface area contributed by atoms with E-state index in [1.807, 2.05) is 12.1 Å². The molecule has 0 aliphatic rings. The molecule has 1 aromatic carbocycles. The molecule has 0 radical (unpaired) electrons. The lowest BCUT2D eigenvalue weighted by Gasteiger charge is -2.02. The minimum absolute atomic E-state index is 0.0510. The molecule has 3 nitrogen and oxygen atoms in total. The first-order valence-corrected chi connectivity index (χ1v) is 4.20. The van der Waals surface area contributed by atoms with Crippen LogP contribution in [0.1, 0.15) is 5.56 Å². The van der Waals surface area contributed by atoms with Crippen molar-refractivity contribution in [1.82, 2.24) is 0 Å². The van der Waals surface area contributed by atoms with Crippen molar-refractivity contribution in [3.8, 4) is 12.3 Å². The Morgan fingerprint density at radius 2 is 2.07 bits per heavy atom. The Bertz CT molecular complexity index is 349. The number of carboxylic acid groups (broad SMARTS) is 1. The molecule has 0 aliphatic carbocycles. The van der Waals surface area contributed by atoms with E-state index in [-0.39, 0.29) is 6.42 Å². The molecule has 72 valence electrons. The van der Waals surface area contributed by atoms with Gasteiger partial charge in [-0.25, -0.2) is 0 Å². The maximum Gasteiger partial charge on any atom is 0.307 e. The van der Waals surface area contributed by atoms with Gasteiger partial charge in [0.2, 0.25) is 0 Å². The number of benzene rings is 1. The molecule has 0 saturated heterocycles. The SMILES string of the molecule is C#CCNc1ccc(CC(=O)O)cc1. The zero-order valence-corrected chi connectivity index (χ0v) is 7.66. The van der Waals surface area contributed by atoms with E-state index in [9.17, 15) is 4.79 Å². The Balaban J connectivity index is 2.60. The number of anilines is 1. The average molecular weight is 189 g/mol. The third-order valence-corrected chi connectivity index (χ3v) is 1.70. The second-order valence-electron chi connectivity index (χ2n) is 2.83. The minimum atomic E-state index is -0.825.